The zero-order valence-electron chi connectivity index (χ0n) is 23.4. The van der Waals surface area contributed by atoms with Crippen molar-refractivity contribution in [1.82, 2.24) is 5.48 Å². The van der Waals surface area contributed by atoms with Gasteiger partial charge in [-0.15, -0.1) is 4.40 Å². The molecular weight excluding hydrogens is 536 g/mol. The van der Waals surface area contributed by atoms with Crippen LogP contribution in [-0.4, -0.2) is 44.6 Å². The molecule has 6 N–H and O–H groups in total. The van der Waals surface area contributed by atoms with Gasteiger partial charge in [-0.2, -0.15) is 5.48 Å². The van der Waals surface area contributed by atoms with Crippen LogP contribution < -0.4 is 16.1 Å². The lowest BCUT2D eigenvalue weighted by Crippen LogP contribution is -2.53. The topological polar surface area (TPSA) is 162 Å². The number of ketones is 1. The summed E-state index contributed by atoms with van der Waals surface area (Å²) in [7, 11) is -2.44. The van der Waals surface area contributed by atoms with E-state index in [9.17, 15) is 23.8 Å². The second-order valence-corrected chi connectivity index (χ2v) is 12.8. The highest BCUT2D eigenvalue weighted by Crippen LogP contribution is 2.57. The van der Waals surface area contributed by atoms with Gasteiger partial charge in [-0.1, -0.05) is 48.9 Å². The van der Waals surface area contributed by atoms with Crippen molar-refractivity contribution in [2.45, 2.75) is 63.5 Å². The molecular formula is C28H36N4O7S. The number of nitrogens with zero attached hydrogens (tertiary/aromatic N) is 1. The van der Waals surface area contributed by atoms with Gasteiger partial charge in [-0.25, -0.2) is 4.79 Å². The van der Waals surface area contributed by atoms with Crippen LogP contribution in [0.3, 0.4) is 0 Å². The minimum absolute atomic E-state index is 0.00893. The molecule has 216 valence electrons. The maximum absolute atomic E-state index is 14.2. The first-order valence-corrected chi connectivity index (χ1v) is 14.4. The zero-order chi connectivity index (χ0) is 29.5. The van der Waals surface area contributed by atoms with Crippen LogP contribution in [0.2, 0.25) is 0 Å². The summed E-state index contributed by atoms with van der Waals surface area (Å²) < 4.78 is 31.5. The number of nitrogens with one attached hydrogen (secondary N) is 3. The molecule has 0 aromatic heterocycles. The molecule has 1 amide bonds. The van der Waals surface area contributed by atoms with E-state index in [4.69, 9.17) is 9.57 Å². The second-order valence-electron chi connectivity index (χ2n) is 11.2. The van der Waals surface area contributed by atoms with Crippen LogP contribution in [0.25, 0.3) is 5.76 Å². The number of amidine groups is 1. The van der Waals surface area contributed by atoms with Gasteiger partial charge in [0.25, 0.3) is 0 Å². The van der Waals surface area contributed by atoms with Gasteiger partial charge in [0.05, 0.1) is 12.8 Å². The molecule has 0 spiro atoms. The molecule has 0 radical (unpaired) electrons. The van der Waals surface area contributed by atoms with Crippen molar-refractivity contribution >= 4 is 45.6 Å². The van der Waals surface area contributed by atoms with E-state index in [1.54, 1.807) is 51.1 Å². The molecule has 2 aromatic carbocycles. The normalized spacial score (nSPS) is 20.7. The van der Waals surface area contributed by atoms with Crippen LogP contribution in [-0.2, 0) is 19.9 Å². The minimum atomic E-state index is -3.85. The van der Waals surface area contributed by atoms with Gasteiger partial charge in [0.15, 0.2) is 11.6 Å². The Hall–Kier alpha value is -3.42. The highest BCUT2D eigenvalue weighted by molar-refractivity contribution is 8.23. The Kier molecular flexibility index (Phi) is 8.03. The number of rotatable bonds is 7. The van der Waals surface area contributed by atoms with Crippen molar-refractivity contribution in [3.8, 4) is 0 Å². The largest absolute Gasteiger partial charge is 0.506 e. The van der Waals surface area contributed by atoms with Crippen molar-refractivity contribution in [3.05, 3.63) is 59.2 Å². The quantitative estimate of drug-likeness (QED) is 0.212. The van der Waals surface area contributed by atoms with Crippen LogP contribution in [0.4, 0.5) is 16.2 Å². The number of hydroxylamine groups is 1. The number of hydrogen-bond donors (Lipinski definition) is 6. The van der Waals surface area contributed by atoms with Gasteiger partial charge >= 0.3 is 6.09 Å². The molecule has 11 nitrogen and oxygen atoms in total. The Morgan fingerprint density at radius 1 is 1.18 bits per heavy atom. The van der Waals surface area contributed by atoms with E-state index in [2.05, 4.69) is 20.5 Å². The summed E-state index contributed by atoms with van der Waals surface area (Å²) in [4.78, 5) is 31.8. The fourth-order valence-corrected chi connectivity index (χ4v) is 5.91. The average Bonchev–Trinajstić information content (AvgIpc) is 2.85. The first-order valence-electron chi connectivity index (χ1n) is 12.9. The van der Waals surface area contributed by atoms with Crippen LogP contribution in [0, 0.1) is 5.92 Å². The number of fused-ring (bicyclic) bond motifs is 2. The number of hydrogen-bond acceptors (Lipinski definition) is 10. The summed E-state index contributed by atoms with van der Waals surface area (Å²) in [6, 6.07) is 11.4. The molecule has 1 heterocycles. The number of aliphatic hydroxyl groups is 1. The van der Waals surface area contributed by atoms with Crippen molar-refractivity contribution in [3.63, 3.8) is 0 Å². The molecule has 1 aliphatic heterocycles. The molecule has 12 heteroatoms. The van der Waals surface area contributed by atoms with E-state index in [1.165, 1.54) is 19.2 Å². The summed E-state index contributed by atoms with van der Waals surface area (Å²) in [6.07, 6.45) is 0.308. The van der Waals surface area contributed by atoms with E-state index in [0.717, 1.165) is 0 Å². The van der Waals surface area contributed by atoms with Crippen molar-refractivity contribution in [1.29, 1.82) is 0 Å². The molecule has 1 aliphatic carbocycles. The third kappa shape index (κ3) is 5.72. The van der Waals surface area contributed by atoms with Crippen molar-refractivity contribution in [2.75, 3.05) is 17.7 Å². The predicted octanol–water partition coefficient (Wildman–Crippen LogP) is 6.22. The van der Waals surface area contributed by atoms with Gasteiger partial charge in [-0.05, 0) is 63.3 Å². The summed E-state index contributed by atoms with van der Waals surface area (Å²) in [5, 5.41) is 16.9. The SMILES string of the molecule is CON[C@]1(CCC(C)C)C(=O)C(C2=NS(O)(O)c3cc(NC(=O)OC(C)(C)C)ccc3N2)=C(O)c2ccccc21. The lowest BCUT2D eigenvalue weighted by molar-refractivity contribution is -0.129. The summed E-state index contributed by atoms with van der Waals surface area (Å²) in [5.41, 5.74) is 2.06. The fourth-order valence-electron chi connectivity index (χ4n) is 4.73. The van der Waals surface area contributed by atoms with Crippen LogP contribution in [0.15, 0.2) is 57.3 Å². The number of amides is 1. The lowest BCUT2D eigenvalue weighted by Gasteiger charge is -2.40. The third-order valence-electron chi connectivity index (χ3n) is 6.50. The number of benzene rings is 2. The molecule has 40 heavy (non-hydrogen) atoms. The standard InChI is InChI=1S/C28H36N4O7S/c1-16(2)13-14-28(32-38-6)19-10-8-7-9-18(19)23(33)22(24(28)34)25-30-20-12-11-17(15-21(20)40(36,37)31-25)29-26(35)39-27(3,4)5/h7-12,15-16,32-33,36-37H,13-14H2,1-6H3,(H,29,35)(H,30,31)/t28-/m0/s1. The third-order valence-corrected chi connectivity index (χ3v) is 7.86. The molecule has 2 aliphatic rings. The number of ether oxygens (including phenoxy) is 1. The van der Waals surface area contributed by atoms with Crippen LogP contribution >= 0.6 is 10.8 Å². The average molecular weight is 573 g/mol. The Morgan fingerprint density at radius 2 is 1.88 bits per heavy atom. The summed E-state index contributed by atoms with van der Waals surface area (Å²) in [5.74, 6) is -0.791. The Bertz CT molecular complexity index is 1400. The van der Waals surface area contributed by atoms with Gasteiger partial charge < -0.3 is 20.0 Å². The molecule has 1 atom stereocenters. The first kappa shape index (κ1) is 29.6. The minimum Gasteiger partial charge on any atom is -0.506 e. The number of carbonyl (C=O) groups excluding carboxylic acids is 2. The Labute approximate surface area is 235 Å². The second kappa shape index (κ2) is 10.9. The Morgan fingerprint density at radius 3 is 2.52 bits per heavy atom. The van der Waals surface area contributed by atoms with Crippen LogP contribution in [0.1, 0.15) is 58.6 Å². The van der Waals surface area contributed by atoms with E-state index in [-0.39, 0.29) is 39.4 Å². The van der Waals surface area contributed by atoms with E-state index in [1.807, 2.05) is 13.8 Å². The molecule has 0 saturated heterocycles. The summed E-state index contributed by atoms with van der Waals surface area (Å²) >= 11 is 0. The first-order chi connectivity index (χ1) is 18.7. The molecule has 0 fully saturated rings. The predicted molar refractivity (Wildman–Crippen MR) is 155 cm³/mol. The van der Waals surface area contributed by atoms with Crippen molar-refractivity contribution < 1.29 is 33.4 Å². The van der Waals surface area contributed by atoms with Crippen LogP contribution in [0.5, 0.6) is 0 Å². The van der Waals surface area contributed by atoms with Gasteiger partial charge in [0.1, 0.15) is 27.4 Å². The number of aliphatic hydroxyl groups excluding tert-OH is 1. The maximum Gasteiger partial charge on any atom is 0.412 e. The van der Waals surface area contributed by atoms with E-state index in [0.29, 0.717) is 24.0 Å². The molecule has 0 bridgehead atoms. The molecule has 4 rings (SSSR count). The van der Waals surface area contributed by atoms with Gasteiger partial charge in [-0.3, -0.25) is 19.2 Å². The summed E-state index contributed by atoms with van der Waals surface area (Å²) in [6.45, 7) is 9.26. The number of carbonyl (C=O) groups is 2. The maximum atomic E-state index is 14.2. The van der Waals surface area contributed by atoms with E-state index >= 15 is 0 Å². The highest BCUT2D eigenvalue weighted by Gasteiger charge is 2.50. The monoisotopic (exact) mass is 572 g/mol. The number of Topliss-reactive ketones (excluding diaryl/α,β-unsaturated/α-hetero) is 1. The van der Waals surface area contributed by atoms with Gasteiger partial charge in [0.2, 0.25) is 0 Å². The number of anilines is 2. The fraction of sp³-hybridized carbons (Fsp3) is 0.393. The van der Waals surface area contributed by atoms with E-state index < -0.39 is 33.8 Å². The molecule has 0 unspecified atom stereocenters. The Balaban J connectivity index is 1.77. The molecule has 2 aromatic rings. The zero-order valence-corrected chi connectivity index (χ0v) is 24.2. The highest BCUT2D eigenvalue weighted by atomic mass is 32.3. The smallest absolute Gasteiger partial charge is 0.412 e. The molecule has 0 saturated carbocycles. The van der Waals surface area contributed by atoms with Gasteiger partial charge in [0, 0.05) is 11.3 Å². The lowest BCUT2D eigenvalue weighted by atomic mass is 9.71. The van der Waals surface area contributed by atoms with Crippen molar-refractivity contribution in [2.24, 2.45) is 10.3 Å².